The first kappa shape index (κ1) is 20.7. The van der Waals surface area contributed by atoms with Gasteiger partial charge in [-0.1, -0.05) is 0 Å². The zero-order chi connectivity index (χ0) is 13.7. The van der Waals surface area contributed by atoms with Gasteiger partial charge in [-0.05, 0) is 43.3 Å². The molecule has 0 saturated carbocycles. The van der Waals surface area contributed by atoms with Crippen molar-refractivity contribution in [3.05, 3.63) is 21.9 Å². The molecule has 0 saturated heterocycles. The van der Waals surface area contributed by atoms with Gasteiger partial charge in [0.2, 0.25) is 5.91 Å². The van der Waals surface area contributed by atoms with E-state index < -0.39 is 0 Å². The van der Waals surface area contributed by atoms with Crippen LogP contribution in [-0.2, 0) is 17.8 Å². The molecule has 122 valence electrons. The molecule has 0 spiro atoms. The Morgan fingerprint density at radius 1 is 1.52 bits per heavy atom. The molecule has 0 bridgehead atoms. The molecule has 2 heterocycles. The Kier molecular flexibility index (Phi) is 10.2. The van der Waals surface area contributed by atoms with Crippen LogP contribution in [-0.4, -0.2) is 36.5 Å². The zero-order valence-corrected chi connectivity index (χ0v) is 14.8. The number of carbonyl (C=O) groups is 1. The van der Waals surface area contributed by atoms with Gasteiger partial charge in [0.05, 0.1) is 0 Å². The molecule has 1 aromatic heterocycles. The number of thiophene rings is 1. The van der Waals surface area contributed by atoms with Crippen LogP contribution in [0.1, 0.15) is 30.2 Å². The van der Waals surface area contributed by atoms with Crippen molar-refractivity contribution in [1.82, 2.24) is 10.2 Å². The summed E-state index contributed by atoms with van der Waals surface area (Å²) in [5, 5.41) is 5.17. The number of hydrogen-bond acceptors (Lipinski definition) is 4. The maximum absolute atomic E-state index is 11.6. The molecule has 4 nitrogen and oxygen atoms in total. The van der Waals surface area contributed by atoms with Crippen molar-refractivity contribution < 1.29 is 4.79 Å². The maximum Gasteiger partial charge on any atom is 0.220 e. The Morgan fingerprint density at radius 2 is 2.29 bits per heavy atom. The van der Waals surface area contributed by atoms with Gasteiger partial charge in [-0.2, -0.15) is 0 Å². The van der Waals surface area contributed by atoms with Crippen LogP contribution < -0.4 is 11.1 Å². The first-order chi connectivity index (χ1) is 9.20. The molecular weight excluding hydrogens is 329 g/mol. The second kappa shape index (κ2) is 10.4. The predicted molar refractivity (Wildman–Crippen MR) is 93.7 cm³/mol. The molecule has 21 heavy (non-hydrogen) atoms. The summed E-state index contributed by atoms with van der Waals surface area (Å²) in [6, 6.07) is 2.61. The second-order valence-corrected chi connectivity index (χ2v) is 6.14. The minimum Gasteiger partial charge on any atom is -0.355 e. The molecule has 7 heteroatoms. The molecule has 1 aromatic rings. The topological polar surface area (TPSA) is 58.4 Å². The third kappa shape index (κ3) is 6.12. The zero-order valence-electron chi connectivity index (χ0n) is 12.3. The SMILES string of the molecule is CC(CNC(=O)CCCN)N1CCc2sccc2C1.Cl.Cl. The van der Waals surface area contributed by atoms with Crippen LogP contribution in [0.5, 0.6) is 0 Å². The summed E-state index contributed by atoms with van der Waals surface area (Å²) in [7, 11) is 0. The molecule has 0 fully saturated rings. The van der Waals surface area contributed by atoms with E-state index >= 15 is 0 Å². The van der Waals surface area contributed by atoms with Crippen molar-refractivity contribution in [1.29, 1.82) is 0 Å². The lowest BCUT2D eigenvalue weighted by atomic mass is 10.1. The normalized spacial score (nSPS) is 15.3. The molecule has 1 aliphatic rings. The summed E-state index contributed by atoms with van der Waals surface area (Å²) < 4.78 is 0. The Balaban J connectivity index is 0.00000200. The summed E-state index contributed by atoms with van der Waals surface area (Å²) in [6.45, 7) is 5.59. The Morgan fingerprint density at radius 3 is 3.00 bits per heavy atom. The monoisotopic (exact) mass is 353 g/mol. The maximum atomic E-state index is 11.6. The number of nitrogens with two attached hydrogens (primary N) is 1. The Hall–Kier alpha value is -0.330. The van der Waals surface area contributed by atoms with E-state index in [9.17, 15) is 4.79 Å². The number of fused-ring (bicyclic) bond motifs is 1. The van der Waals surface area contributed by atoms with E-state index in [0.717, 1.165) is 32.5 Å². The van der Waals surface area contributed by atoms with E-state index in [0.29, 0.717) is 19.0 Å². The third-order valence-corrected chi connectivity index (χ3v) is 4.69. The number of hydrogen-bond donors (Lipinski definition) is 2. The lowest BCUT2D eigenvalue weighted by Crippen LogP contribution is -2.44. The molecule has 1 unspecified atom stereocenters. The van der Waals surface area contributed by atoms with Crippen LogP contribution in [0.2, 0.25) is 0 Å². The Bertz CT molecular complexity index is 428. The van der Waals surface area contributed by atoms with Crippen molar-refractivity contribution in [3.63, 3.8) is 0 Å². The molecule has 1 aliphatic heterocycles. The van der Waals surface area contributed by atoms with E-state index in [1.54, 1.807) is 0 Å². The summed E-state index contributed by atoms with van der Waals surface area (Å²) in [5.74, 6) is 0.116. The third-order valence-electron chi connectivity index (χ3n) is 3.66. The predicted octanol–water partition coefficient (Wildman–Crippen LogP) is 2.19. The highest BCUT2D eigenvalue weighted by Gasteiger charge is 2.21. The fourth-order valence-corrected chi connectivity index (χ4v) is 3.28. The summed E-state index contributed by atoms with van der Waals surface area (Å²) in [4.78, 5) is 15.5. The molecule has 3 N–H and O–H groups in total. The smallest absolute Gasteiger partial charge is 0.220 e. The lowest BCUT2D eigenvalue weighted by molar-refractivity contribution is -0.121. The van der Waals surface area contributed by atoms with E-state index in [4.69, 9.17) is 5.73 Å². The highest BCUT2D eigenvalue weighted by Crippen LogP contribution is 2.24. The number of nitrogens with one attached hydrogen (secondary N) is 1. The number of amides is 1. The van der Waals surface area contributed by atoms with E-state index in [1.807, 2.05) is 11.3 Å². The molecule has 2 rings (SSSR count). The van der Waals surface area contributed by atoms with E-state index in [-0.39, 0.29) is 30.7 Å². The molecule has 1 amide bonds. The summed E-state index contributed by atoms with van der Waals surface area (Å²) >= 11 is 1.86. The fraction of sp³-hybridized carbons (Fsp3) is 0.643. The van der Waals surface area contributed by atoms with Gasteiger partial charge < -0.3 is 11.1 Å². The minimum atomic E-state index is 0. The van der Waals surface area contributed by atoms with Gasteiger partial charge >= 0.3 is 0 Å². The first-order valence-corrected chi connectivity index (χ1v) is 7.84. The van der Waals surface area contributed by atoms with Crippen LogP contribution in [0, 0.1) is 0 Å². The fourth-order valence-electron chi connectivity index (χ4n) is 2.39. The summed E-state index contributed by atoms with van der Waals surface area (Å²) in [6.07, 6.45) is 2.44. The largest absolute Gasteiger partial charge is 0.355 e. The average molecular weight is 354 g/mol. The van der Waals surface area contributed by atoms with Crippen LogP contribution in [0.4, 0.5) is 0 Å². The standard InChI is InChI=1S/C14H23N3OS.2ClH/c1-11(9-16-14(18)3-2-6-15)17-7-4-13-12(10-17)5-8-19-13;;/h5,8,11H,2-4,6-7,9-10,15H2,1H3,(H,16,18);2*1H. The van der Waals surface area contributed by atoms with Crippen molar-refractivity contribution in [3.8, 4) is 0 Å². The highest BCUT2D eigenvalue weighted by molar-refractivity contribution is 7.10. The Labute approximate surface area is 143 Å². The van der Waals surface area contributed by atoms with Gasteiger partial charge in [-0.25, -0.2) is 0 Å². The quantitative estimate of drug-likeness (QED) is 0.823. The number of carbonyl (C=O) groups excluding carboxylic acids is 1. The average Bonchev–Trinajstić information content (AvgIpc) is 2.89. The van der Waals surface area contributed by atoms with Crippen LogP contribution in [0.15, 0.2) is 11.4 Å². The second-order valence-electron chi connectivity index (χ2n) is 5.13. The molecule has 0 aromatic carbocycles. The molecule has 0 aliphatic carbocycles. The van der Waals surface area contributed by atoms with Crippen molar-refractivity contribution in [2.45, 2.75) is 38.8 Å². The molecular formula is C14H25Cl2N3OS. The molecule has 1 atom stereocenters. The summed E-state index contributed by atoms with van der Waals surface area (Å²) in [5.41, 5.74) is 6.85. The van der Waals surface area contributed by atoms with Crippen LogP contribution in [0.3, 0.4) is 0 Å². The number of halogens is 2. The molecule has 0 radical (unpaired) electrons. The number of nitrogens with zero attached hydrogens (tertiary/aromatic N) is 1. The van der Waals surface area contributed by atoms with Crippen molar-refractivity contribution >= 4 is 42.1 Å². The van der Waals surface area contributed by atoms with Crippen molar-refractivity contribution in [2.24, 2.45) is 5.73 Å². The van der Waals surface area contributed by atoms with Crippen LogP contribution in [0.25, 0.3) is 0 Å². The van der Waals surface area contributed by atoms with Gasteiger partial charge in [0.15, 0.2) is 0 Å². The van der Waals surface area contributed by atoms with Gasteiger partial charge in [-0.3, -0.25) is 9.69 Å². The first-order valence-electron chi connectivity index (χ1n) is 6.96. The van der Waals surface area contributed by atoms with Gasteiger partial charge in [-0.15, -0.1) is 36.2 Å². The van der Waals surface area contributed by atoms with Crippen LogP contribution >= 0.6 is 36.2 Å². The van der Waals surface area contributed by atoms with Gasteiger partial charge in [0.1, 0.15) is 0 Å². The van der Waals surface area contributed by atoms with Gasteiger partial charge in [0.25, 0.3) is 0 Å². The van der Waals surface area contributed by atoms with Gasteiger partial charge in [0, 0.05) is 37.0 Å². The minimum absolute atomic E-state index is 0. The van der Waals surface area contributed by atoms with E-state index in [2.05, 4.69) is 28.6 Å². The number of rotatable bonds is 6. The lowest BCUT2D eigenvalue weighted by Gasteiger charge is -2.32. The van der Waals surface area contributed by atoms with Crippen molar-refractivity contribution in [2.75, 3.05) is 19.6 Å². The highest BCUT2D eigenvalue weighted by atomic mass is 35.5. The van der Waals surface area contributed by atoms with E-state index in [1.165, 1.54) is 10.4 Å².